The largest absolute Gasteiger partial charge is 0.355 e. The minimum Gasteiger partial charge on any atom is -0.355 e. The first kappa shape index (κ1) is 18.3. The van der Waals surface area contributed by atoms with Gasteiger partial charge < -0.3 is 14.7 Å². The zero-order chi connectivity index (χ0) is 20.3. The summed E-state index contributed by atoms with van der Waals surface area (Å²) in [7, 11) is 0. The van der Waals surface area contributed by atoms with Gasteiger partial charge in [0.2, 0.25) is 5.95 Å². The molecule has 7 nitrogen and oxygen atoms in total. The van der Waals surface area contributed by atoms with Crippen molar-refractivity contribution in [2.75, 3.05) is 18.0 Å². The van der Waals surface area contributed by atoms with Gasteiger partial charge in [-0.25, -0.2) is 9.97 Å². The summed E-state index contributed by atoms with van der Waals surface area (Å²) in [5.74, 6) is 1.22. The molecule has 0 saturated carbocycles. The van der Waals surface area contributed by atoms with E-state index < -0.39 is 0 Å². The van der Waals surface area contributed by atoms with Crippen LogP contribution >= 0.6 is 0 Å². The first-order valence-corrected chi connectivity index (χ1v) is 10.1. The molecular formula is C23H21N5O2. The lowest BCUT2D eigenvalue weighted by atomic mass is 10.1. The molecule has 0 radical (unpaired) electrons. The molecule has 30 heavy (non-hydrogen) atoms. The van der Waals surface area contributed by atoms with E-state index in [-0.39, 0.29) is 5.91 Å². The third kappa shape index (κ3) is 3.61. The van der Waals surface area contributed by atoms with Gasteiger partial charge in [-0.05, 0) is 37.1 Å². The Morgan fingerprint density at radius 2 is 1.90 bits per heavy atom. The molecule has 1 aliphatic heterocycles. The summed E-state index contributed by atoms with van der Waals surface area (Å²) in [6.07, 6.45) is 4.08. The van der Waals surface area contributed by atoms with Gasteiger partial charge in [-0.3, -0.25) is 4.79 Å². The Balaban J connectivity index is 1.33. The summed E-state index contributed by atoms with van der Waals surface area (Å²) in [5.41, 5.74) is 2.98. The van der Waals surface area contributed by atoms with Crippen LogP contribution in [0.25, 0.3) is 22.2 Å². The number of hydrogen-bond donors (Lipinski definition) is 1. The normalized spacial score (nSPS) is 13.7. The van der Waals surface area contributed by atoms with Gasteiger partial charge in [-0.15, -0.1) is 0 Å². The lowest BCUT2D eigenvalue weighted by Gasteiger charge is -2.15. The molecule has 0 unspecified atom stereocenters. The highest BCUT2D eigenvalue weighted by Gasteiger charge is 2.16. The molecule has 1 N–H and O–H groups in total. The lowest BCUT2D eigenvalue weighted by molar-refractivity contribution is 0.0950. The summed E-state index contributed by atoms with van der Waals surface area (Å²) >= 11 is 0. The number of carbonyl (C=O) groups is 1. The van der Waals surface area contributed by atoms with Crippen molar-refractivity contribution < 1.29 is 9.32 Å². The van der Waals surface area contributed by atoms with Gasteiger partial charge in [-0.2, -0.15) is 0 Å². The number of nitrogens with zero attached hydrogens (tertiary/aromatic N) is 4. The van der Waals surface area contributed by atoms with Crippen molar-refractivity contribution >= 4 is 22.8 Å². The van der Waals surface area contributed by atoms with E-state index in [9.17, 15) is 4.79 Å². The Morgan fingerprint density at radius 1 is 1.07 bits per heavy atom. The SMILES string of the molecule is O=C(NCc1ccnc(N2CCCC2)n1)c1ccc2noc(-c3ccccc3)c2c1. The maximum absolute atomic E-state index is 12.8. The van der Waals surface area contributed by atoms with Crippen molar-refractivity contribution in [1.82, 2.24) is 20.4 Å². The highest BCUT2D eigenvalue weighted by atomic mass is 16.5. The van der Waals surface area contributed by atoms with Crippen LogP contribution < -0.4 is 10.2 Å². The number of hydrogen-bond acceptors (Lipinski definition) is 6. The number of aromatic nitrogens is 3. The van der Waals surface area contributed by atoms with Crippen molar-refractivity contribution in [3.63, 3.8) is 0 Å². The van der Waals surface area contributed by atoms with E-state index in [1.807, 2.05) is 42.5 Å². The monoisotopic (exact) mass is 399 g/mol. The molecule has 1 amide bonds. The van der Waals surface area contributed by atoms with Crippen LogP contribution in [0.5, 0.6) is 0 Å². The van der Waals surface area contributed by atoms with E-state index in [1.165, 1.54) is 12.8 Å². The average molecular weight is 399 g/mol. The number of anilines is 1. The number of carbonyl (C=O) groups excluding carboxylic acids is 1. The number of fused-ring (bicyclic) bond motifs is 1. The summed E-state index contributed by atoms with van der Waals surface area (Å²) in [5, 5.41) is 7.87. The minimum atomic E-state index is -0.168. The van der Waals surface area contributed by atoms with Crippen LogP contribution in [0.2, 0.25) is 0 Å². The molecular weight excluding hydrogens is 378 g/mol. The second kappa shape index (κ2) is 7.94. The van der Waals surface area contributed by atoms with E-state index >= 15 is 0 Å². The van der Waals surface area contributed by atoms with Crippen LogP contribution in [0, 0.1) is 0 Å². The van der Waals surface area contributed by atoms with Crippen molar-refractivity contribution in [2.45, 2.75) is 19.4 Å². The fourth-order valence-electron chi connectivity index (χ4n) is 3.71. The molecule has 4 aromatic rings. The highest BCUT2D eigenvalue weighted by molar-refractivity contribution is 6.00. The van der Waals surface area contributed by atoms with Crippen molar-refractivity contribution in [2.24, 2.45) is 0 Å². The molecule has 150 valence electrons. The maximum atomic E-state index is 12.8. The summed E-state index contributed by atoms with van der Waals surface area (Å²) < 4.78 is 5.52. The molecule has 0 spiro atoms. The van der Waals surface area contributed by atoms with Gasteiger partial charge in [-0.1, -0.05) is 35.5 Å². The number of nitrogens with one attached hydrogen (secondary N) is 1. The topological polar surface area (TPSA) is 84.2 Å². The van der Waals surface area contributed by atoms with Crippen LogP contribution in [-0.4, -0.2) is 34.1 Å². The van der Waals surface area contributed by atoms with E-state index in [2.05, 4.69) is 25.3 Å². The molecule has 1 aliphatic rings. The summed E-state index contributed by atoms with van der Waals surface area (Å²) in [6, 6.07) is 17.0. The predicted molar refractivity (Wildman–Crippen MR) is 114 cm³/mol. The summed E-state index contributed by atoms with van der Waals surface area (Å²) in [6.45, 7) is 2.31. The molecule has 0 bridgehead atoms. The van der Waals surface area contributed by atoms with E-state index in [4.69, 9.17) is 4.52 Å². The number of rotatable bonds is 5. The van der Waals surface area contributed by atoms with Crippen LogP contribution in [0.15, 0.2) is 65.3 Å². The third-order valence-corrected chi connectivity index (χ3v) is 5.29. The van der Waals surface area contributed by atoms with Crippen molar-refractivity contribution in [3.8, 4) is 11.3 Å². The minimum absolute atomic E-state index is 0.168. The van der Waals surface area contributed by atoms with Gasteiger partial charge in [0.15, 0.2) is 5.76 Å². The Hall–Kier alpha value is -3.74. The van der Waals surface area contributed by atoms with Crippen LogP contribution in [0.4, 0.5) is 5.95 Å². The van der Waals surface area contributed by atoms with Crippen LogP contribution in [0.3, 0.4) is 0 Å². The molecule has 7 heteroatoms. The van der Waals surface area contributed by atoms with Crippen molar-refractivity contribution in [3.05, 3.63) is 72.1 Å². The molecule has 0 aliphatic carbocycles. The second-order valence-electron chi connectivity index (χ2n) is 7.33. The first-order chi connectivity index (χ1) is 14.8. The quantitative estimate of drug-likeness (QED) is 0.549. The van der Waals surface area contributed by atoms with Gasteiger partial charge in [0.05, 0.1) is 17.6 Å². The molecule has 5 rings (SSSR count). The lowest BCUT2D eigenvalue weighted by Crippen LogP contribution is -2.25. The second-order valence-corrected chi connectivity index (χ2v) is 7.33. The van der Waals surface area contributed by atoms with E-state index in [0.29, 0.717) is 17.9 Å². The first-order valence-electron chi connectivity index (χ1n) is 10.1. The average Bonchev–Trinajstić information content (AvgIpc) is 3.48. The zero-order valence-electron chi connectivity index (χ0n) is 16.4. The zero-order valence-corrected chi connectivity index (χ0v) is 16.4. The van der Waals surface area contributed by atoms with E-state index in [0.717, 1.165) is 41.2 Å². The molecule has 2 aromatic heterocycles. The van der Waals surface area contributed by atoms with Gasteiger partial charge in [0, 0.05) is 30.4 Å². The smallest absolute Gasteiger partial charge is 0.251 e. The fraction of sp³-hybridized carbons (Fsp3) is 0.217. The number of amides is 1. The van der Waals surface area contributed by atoms with Gasteiger partial charge in [0.25, 0.3) is 5.91 Å². The standard InChI is InChI=1S/C23H21N5O2/c29-22(25-15-18-10-11-24-23(26-18)28-12-4-5-13-28)17-8-9-20-19(14-17)21(30-27-20)16-6-2-1-3-7-16/h1-3,6-11,14H,4-5,12-13,15H2,(H,25,29). The number of benzene rings is 2. The third-order valence-electron chi connectivity index (χ3n) is 5.29. The van der Waals surface area contributed by atoms with Gasteiger partial charge in [0.1, 0.15) is 5.52 Å². The molecule has 1 fully saturated rings. The Bertz CT molecular complexity index is 1180. The Labute approximate surface area is 173 Å². The Kier molecular flexibility index (Phi) is 4.85. The molecule has 3 heterocycles. The predicted octanol–water partition coefficient (Wildman–Crippen LogP) is 3.82. The summed E-state index contributed by atoms with van der Waals surface area (Å²) in [4.78, 5) is 23.9. The van der Waals surface area contributed by atoms with Crippen LogP contribution in [0.1, 0.15) is 28.9 Å². The van der Waals surface area contributed by atoms with Crippen LogP contribution in [-0.2, 0) is 6.54 Å². The molecule has 0 atom stereocenters. The maximum Gasteiger partial charge on any atom is 0.251 e. The molecule has 1 saturated heterocycles. The van der Waals surface area contributed by atoms with E-state index in [1.54, 1.807) is 18.3 Å². The van der Waals surface area contributed by atoms with Crippen molar-refractivity contribution in [1.29, 1.82) is 0 Å². The van der Waals surface area contributed by atoms with Gasteiger partial charge >= 0.3 is 0 Å². The Morgan fingerprint density at radius 3 is 2.73 bits per heavy atom. The molecule has 2 aromatic carbocycles. The highest BCUT2D eigenvalue weighted by Crippen LogP contribution is 2.29. The fourth-order valence-corrected chi connectivity index (χ4v) is 3.71.